The molecule has 2 N–H and O–H groups in total. The molecule has 0 radical (unpaired) electrons. The van der Waals surface area contributed by atoms with E-state index in [1.54, 1.807) is 0 Å². The zero-order valence-electron chi connectivity index (χ0n) is 10.4. The van der Waals surface area contributed by atoms with Crippen molar-refractivity contribution in [3.05, 3.63) is 38.3 Å². The molecule has 1 aromatic carbocycles. The number of nitrogens with zero attached hydrogens (tertiary/aromatic N) is 2. The van der Waals surface area contributed by atoms with Gasteiger partial charge in [-0.15, -0.1) is 0 Å². The van der Waals surface area contributed by atoms with Crippen molar-refractivity contribution in [3.63, 3.8) is 0 Å². The minimum absolute atomic E-state index is 0.110. The van der Waals surface area contributed by atoms with Gasteiger partial charge in [0.15, 0.2) is 0 Å². The maximum Gasteiger partial charge on any atom is 0.270 e. The van der Waals surface area contributed by atoms with Gasteiger partial charge in [0.2, 0.25) is 5.91 Å². The van der Waals surface area contributed by atoms with E-state index in [2.05, 4.69) is 15.9 Å². The van der Waals surface area contributed by atoms with Crippen LogP contribution in [0, 0.1) is 10.1 Å². The number of likely N-dealkylation sites (tertiary alicyclic amines) is 1. The number of nitro groups is 1. The fraction of sp³-hybridized carbons (Fsp3) is 0.333. The quantitative estimate of drug-likeness (QED) is 0.663. The van der Waals surface area contributed by atoms with Gasteiger partial charge in [0.1, 0.15) is 6.04 Å². The first kappa shape index (κ1) is 14.4. The lowest BCUT2D eigenvalue weighted by Gasteiger charge is -2.22. The van der Waals surface area contributed by atoms with E-state index in [1.165, 1.54) is 23.1 Å². The van der Waals surface area contributed by atoms with Crippen LogP contribution in [0.4, 0.5) is 5.69 Å². The molecule has 8 heteroatoms. The second-order valence-corrected chi connectivity index (χ2v) is 5.33. The number of rotatable bonds is 3. The van der Waals surface area contributed by atoms with E-state index < -0.39 is 16.9 Å². The molecule has 1 aromatic rings. The lowest BCUT2D eigenvalue weighted by atomic mass is 10.1. The number of amides is 2. The van der Waals surface area contributed by atoms with Crippen LogP contribution < -0.4 is 5.73 Å². The Hall–Kier alpha value is -1.96. The molecular formula is C12H12BrN3O4. The largest absolute Gasteiger partial charge is 0.368 e. The van der Waals surface area contributed by atoms with Crippen molar-refractivity contribution in [2.24, 2.45) is 5.73 Å². The Labute approximate surface area is 123 Å². The van der Waals surface area contributed by atoms with Gasteiger partial charge in [-0.3, -0.25) is 19.7 Å². The SMILES string of the molecule is NC(=O)[C@@H]1CCCN1C(=O)c1ccc([N+](=O)[O-])cc1Br. The molecule has 1 atom stereocenters. The molecule has 0 unspecified atom stereocenters. The average Bonchev–Trinajstić information content (AvgIpc) is 2.87. The summed E-state index contributed by atoms with van der Waals surface area (Å²) in [5.74, 6) is -0.887. The minimum Gasteiger partial charge on any atom is -0.368 e. The van der Waals surface area contributed by atoms with Crippen LogP contribution in [0.15, 0.2) is 22.7 Å². The maximum absolute atomic E-state index is 12.4. The molecule has 20 heavy (non-hydrogen) atoms. The normalized spacial score (nSPS) is 18.1. The molecule has 1 heterocycles. The Balaban J connectivity index is 2.29. The number of primary amides is 1. The summed E-state index contributed by atoms with van der Waals surface area (Å²) in [6, 6.07) is 3.29. The Morgan fingerprint density at radius 3 is 2.70 bits per heavy atom. The van der Waals surface area contributed by atoms with Gasteiger partial charge >= 0.3 is 0 Å². The third-order valence-electron chi connectivity index (χ3n) is 3.24. The highest BCUT2D eigenvalue weighted by Crippen LogP contribution is 2.27. The second-order valence-electron chi connectivity index (χ2n) is 4.48. The molecule has 1 aliphatic rings. The summed E-state index contributed by atoms with van der Waals surface area (Å²) in [6.07, 6.45) is 1.26. The fourth-order valence-corrected chi connectivity index (χ4v) is 2.79. The van der Waals surface area contributed by atoms with Gasteiger partial charge in [-0.2, -0.15) is 0 Å². The summed E-state index contributed by atoms with van der Waals surface area (Å²) in [6.45, 7) is 0.454. The van der Waals surface area contributed by atoms with Crippen molar-refractivity contribution in [2.45, 2.75) is 18.9 Å². The molecule has 1 fully saturated rings. The predicted octanol–water partition coefficient (Wildman–Crippen LogP) is 1.45. The number of halogens is 1. The van der Waals surface area contributed by atoms with Crippen LogP contribution in [-0.2, 0) is 4.79 Å². The third kappa shape index (κ3) is 2.64. The van der Waals surface area contributed by atoms with Gasteiger partial charge in [-0.05, 0) is 34.8 Å². The van der Waals surface area contributed by atoms with E-state index in [0.717, 1.165) is 0 Å². The molecular weight excluding hydrogens is 330 g/mol. The summed E-state index contributed by atoms with van der Waals surface area (Å²) in [4.78, 5) is 35.2. The van der Waals surface area contributed by atoms with Gasteiger partial charge in [0.25, 0.3) is 11.6 Å². The van der Waals surface area contributed by atoms with Crippen molar-refractivity contribution in [2.75, 3.05) is 6.54 Å². The molecule has 0 bridgehead atoms. The number of nitrogens with two attached hydrogens (primary N) is 1. The van der Waals surface area contributed by atoms with Crippen molar-refractivity contribution in [1.29, 1.82) is 0 Å². The number of non-ortho nitro benzene ring substituents is 1. The highest BCUT2D eigenvalue weighted by molar-refractivity contribution is 9.10. The molecule has 2 rings (SSSR count). The van der Waals surface area contributed by atoms with E-state index in [4.69, 9.17) is 5.73 Å². The summed E-state index contributed by atoms with van der Waals surface area (Å²) >= 11 is 3.15. The Bertz CT molecular complexity index is 590. The summed E-state index contributed by atoms with van der Waals surface area (Å²) in [5, 5.41) is 10.7. The molecule has 0 aliphatic carbocycles. The van der Waals surface area contributed by atoms with Crippen molar-refractivity contribution >= 4 is 33.4 Å². The predicted molar refractivity (Wildman–Crippen MR) is 74.0 cm³/mol. The molecule has 0 aromatic heterocycles. The van der Waals surface area contributed by atoms with E-state index in [1.807, 2.05) is 0 Å². The highest BCUT2D eigenvalue weighted by atomic mass is 79.9. The van der Waals surface area contributed by atoms with Crippen LogP contribution >= 0.6 is 15.9 Å². The van der Waals surface area contributed by atoms with Crippen LogP contribution in [-0.4, -0.2) is 34.2 Å². The van der Waals surface area contributed by atoms with Crippen molar-refractivity contribution < 1.29 is 14.5 Å². The maximum atomic E-state index is 12.4. The van der Waals surface area contributed by atoms with Crippen molar-refractivity contribution in [1.82, 2.24) is 4.90 Å². The number of carbonyl (C=O) groups is 2. The number of hydrogen-bond donors (Lipinski definition) is 1. The van der Waals surface area contributed by atoms with E-state index in [-0.39, 0.29) is 17.2 Å². The smallest absolute Gasteiger partial charge is 0.270 e. The monoisotopic (exact) mass is 341 g/mol. The summed E-state index contributed by atoms with van der Waals surface area (Å²) in [7, 11) is 0. The van der Waals surface area contributed by atoms with Crippen LogP contribution in [0.2, 0.25) is 0 Å². The minimum atomic E-state index is -0.607. The average molecular weight is 342 g/mol. The molecule has 0 saturated carbocycles. The number of hydrogen-bond acceptors (Lipinski definition) is 4. The number of benzene rings is 1. The van der Waals surface area contributed by atoms with Gasteiger partial charge in [-0.25, -0.2) is 0 Å². The first-order valence-electron chi connectivity index (χ1n) is 5.96. The number of nitro benzene ring substituents is 1. The van der Waals surface area contributed by atoms with E-state index in [9.17, 15) is 19.7 Å². The van der Waals surface area contributed by atoms with Crippen LogP contribution in [0.1, 0.15) is 23.2 Å². The van der Waals surface area contributed by atoms with Crippen molar-refractivity contribution in [3.8, 4) is 0 Å². The summed E-state index contributed by atoms with van der Waals surface area (Å²) < 4.78 is 0.326. The van der Waals surface area contributed by atoms with Gasteiger partial charge < -0.3 is 10.6 Å². The highest BCUT2D eigenvalue weighted by Gasteiger charge is 2.34. The number of carbonyl (C=O) groups excluding carboxylic acids is 2. The van der Waals surface area contributed by atoms with Gasteiger partial charge in [0.05, 0.1) is 10.5 Å². The summed E-state index contributed by atoms with van der Waals surface area (Å²) in [5.41, 5.74) is 5.44. The fourth-order valence-electron chi connectivity index (χ4n) is 2.25. The molecule has 1 saturated heterocycles. The Morgan fingerprint density at radius 2 is 2.15 bits per heavy atom. The van der Waals surface area contributed by atoms with Gasteiger partial charge in [0, 0.05) is 23.2 Å². The zero-order chi connectivity index (χ0) is 14.9. The zero-order valence-corrected chi connectivity index (χ0v) is 12.0. The lowest BCUT2D eigenvalue weighted by molar-refractivity contribution is -0.384. The van der Waals surface area contributed by atoms with Gasteiger partial charge in [-0.1, -0.05) is 0 Å². The molecule has 0 spiro atoms. The molecule has 7 nitrogen and oxygen atoms in total. The van der Waals surface area contributed by atoms with Crippen LogP contribution in [0.25, 0.3) is 0 Å². The first-order valence-corrected chi connectivity index (χ1v) is 6.75. The molecule has 106 valence electrons. The van der Waals surface area contributed by atoms with E-state index in [0.29, 0.717) is 23.9 Å². The van der Waals surface area contributed by atoms with E-state index >= 15 is 0 Å². The Kier molecular flexibility index (Phi) is 4.03. The first-order chi connectivity index (χ1) is 9.41. The molecule has 1 aliphatic heterocycles. The topological polar surface area (TPSA) is 107 Å². The van der Waals surface area contributed by atoms with Crippen LogP contribution in [0.5, 0.6) is 0 Å². The third-order valence-corrected chi connectivity index (χ3v) is 3.89. The van der Waals surface area contributed by atoms with Crippen LogP contribution in [0.3, 0.4) is 0 Å². The lowest BCUT2D eigenvalue weighted by Crippen LogP contribution is -2.43. The second kappa shape index (κ2) is 5.58. The molecule has 2 amide bonds. The Morgan fingerprint density at radius 1 is 1.45 bits per heavy atom. The standard InChI is InChI=1S/C12H12BrN3O4/c13-9-6-7(16(19)20)3-4-8(9)12(18)15-5-1-2-10(15)11(14)17/h3-4,6,10H,1-2,5H2,(H2,14,17)/t10-/m0/s1.